The Balaban J connectivity index is -0.000000810. The maximum atomic E-state index is 11.7. The fourth-order valence-electron chi connectivity index (χ4n) is 5.41. The molecule has 0 heterocycles. The van der Waals surface area contributed by atoms with E-state index in [1.165, 1.54) is 77.0 Å². The normalized spacial score (nSPS) is 12.1. The van der Waals surface area contributed by atoms with Crippen LogP contribution in [0.4, 0.5) is 0 Å². The highest BCUT2D eigenvalue weighted by Gasteiger charge is 2.21. The molecule has 0 bridgehead atoms. The minimum atomic E-state index is -1.19. The van der Waals surface area contributed by atoms with Crippen LogP contribution < -0.4 is 22.1 Å². The topological polar surface area (TPSA) is 297 Å². The SMILES string of the molecule is CCCCCCCCCCCC(=O)N[C@@H](CCC(=O)O)C(=O)O.CCCCCCCCCCCC(=O)N[C@@H](CCC(=O)O)C(=O)O.NCCCC[C@H](N)C(=O)O. The average molecular weight is 805 g/mol. The predicted molar refractivity (Wildman–Crippen MR) is 215 cm³/mol. The lowest BCUT2D eigenvalue weighted by atomic mass is 10.1. The second kappa shape index (κ2) is 40.9. The minimum Gasteiger partial charge on any atom is -0.481 e. The van der Waals surface area contributed by atoms with Gasteiger partial charge in [0.2, 0.25) is 11.8 Å². The van der Waals surface area contributed by atoms with E-state index in [2.05, 4.69) is 24.5 Å². The van der Waals surface area contributed by atoms with Crippen LogP contribution in [0.1, 0.15) is 187 Å². The highest BCUT2D eigenvalue weighted by atomic mass is 16.4. The summed E-state index contributed by atoms with van der Waals surface area (Å²) >= 11 is 0. The Morgan fingerprint density at radius 1 is 0.429 bits per heavy atom. The van der Waals surface area contributed by atoms with Crippen molar-refractivity contribution in [2.75, 3.05) is 6.54 Å². The smallest absolute Gasteiger partial charge is 0.326 e. The summed E-state index contributed by atoms with van der Waals surface area (Å²) in [5.41, 5.74) is 10.4. The number of nitrogens with one attached hydrogen (secondary N) is 2. The number of carboxylic acids is 5. The standard InChI is InChI=1S/2C17H31NO5.C6H14N2O2/c2*1-2-3-4-5-6-7-8-9-10-11-15(19)18-14(17(22)23)12-13-16(20)21;7-4-2-1-3-5(8)6(9)10/h2*14H,2-13H2,1H3,(H,18,19)(H,20,21)(H,22,23);5H,1-4,7-8H2,(H,9,10)/t2*14-;5-/m000/s1. The van der Waals surface area contributed by atoms with E-state index in [0.29, 0.717) is 25.8 Å². The van der Waals surface area contributed by atoms with Crippen LogP contribution in [0.25, 0.3) is 0 Å². The second-order valence-corrected chi connectivity index (χ2v) is 14.2. The summed E-state index contributed by atoms with van der Waals surface area (Å²) < 4.78 is 0. The zero-order valence-electron chi connectivity index (χ0n) is 34.3. The molecule has 16 heteroatoms. The van der Waals surface area contributed by atoms with Gasteiger partial charge in [0.25, 0.3) is 0 Å². The average Bonchev–Trinajstić information content (AvgIpc) is 3.13. The van der Waals surface area contributed by atoms with Crippen LogP contribution in [0.3, 0.4) is 0 Å². The molecule has 0 unspecified atom stereocenters. The first-order chi connectivity index (χ1) is 26.6. The summed E-state index contributed by atoms with van der Waals surface area (Å²) in [5, 5.41) is 48.2. The molecule has 11 N–H and O–H groups in total. The summed E-state index contributed by atoms with van der Waals surface area (Å²) in [4.78, 5) is 76.4. The van der Waals surface area contributed by atoms with Crippen LogP contribution in [0.15, 0.2) is 0 Å². The molecule has 0 saturated carbocycles. The zero-order valence-corrected chi connectivity index (χ0v) is 34.3. The first-order valence-corrected chi connectivity index (χ1v) is 20.8. The molecule has 0 rings (SSSR count). The Morgan fingerprint density at radius 2 is 0.750 bits per heavy atom. The quantitative estimate of drug-likeness (QED) is 0.0322. The molecule has 0 spiro atoms. The molecule has 0 aliphatic rings. The van der Waals surface area contributed by atoms with Gasteiger partial charge in [-0.1, -0.05) is 123 Å². The lowest BCUT2D eigenvalue weighted by Crippen LogP contribution is -2.41. The van der Waals surface area contributed by atoms with E-state index < -0.39 is 48.0 Å². The number of carbonyl (C=O) groups is 7. The molecular formula is C40H76N4O12. The fourth-order valence-corrected chi connectivity index (χ4v) is 5.41. The predicted octanol–water partition coefficient (Wildman–Crippen LogP) is 6.21. The van der Waals surface area contributed by atoms with Gasteiger partial charge in [-0.2, -0.15) is 0 Å². The van der Waals surface area contributed by atoms with Crippen molar-refractivity contribution in [1.82, 2.24) is 10.6 Å². The molecule has 3 atom stereocenters. The number of carboxylic acid groups (broad SMARTS) is 5. The van der Waals surface area contributed by atoms with Crippen molar-refractivity contribution in [3.63, 3.8) is 0 Å². The maximum Gasteiger partial charge on any atom is 0.326 e. The van der Waals surface area contributed by atoms with E-state index in [0.717, 1.165) is 51.4 Å². The van der Waals surface area contributed by atoms with Crippen LogP contribution in [0.5, 0.6) is 0 Å². The second-order valence-electron chi connectivity index (χ2n) is 14.2. The molecule has 328 valence electrons. The van der Waals surface area contributed by atoms with Gasteiger partial charge in [0, 0.05) is 25.7 Å². The fraction of sp³-hybridized carbons (Fsp3) is 0.825. The summed E-state index contributed by atoms with van der Waals surface area (Å²) in [6.45, 7) is 5.00. The van der Waals surface area contributed by atoms with E-state index in [-0.39, 0.29) is 37.5 Å². The molecule has 0 saturated heterocycles. The first-order valence-electron chi connectivity index (χ1n) is 20.8. The molecule has 0 fully saturated rings. The molecule has 0 aliphatic carbocycles. The molecule has 2 amide bonds. The van der Waals surface area contributed by atoms with Crippen LogP contribution in [0, 0.1) is 0 Å². The lowest BCUT2D eigenvalue weighted by molar-refractivity contribution is -0.144. The van der Waals surface area contributed by atoms with Gasteiger partial charge < -0.3 is 47.6 Å². The van der Waals surface area contributed by atoms with Gasteiger partial charge in [-0.05, 0) is 45.1 Å². The Hall–Kier alpha value is -3.79. The summed E-state index contributed by atoms with van der Waals surface area (Å²) in [6.07, 6.45) is 22.7. The number of amides is 2. The Morgan fingerprint density at radius 3 is 1.02 bits per heavy atom. The van der Waals surface area contributed by atoms with E-state index in [9.17, 15) is 33.6 Å². The van der Waals surface area contributed by atoms with Gasteiger partial charge in [0.1, 0.15) is 18.1 Å². The number of aliphatic carboxylic acids is 5. The van der Waals surface area contributed by atoms with Crippen LogP contribution in [-0.2, 0) is 33.6 Å². The molecule has 0 aromatic carbocycles. The number of rotatable bonds is 35. The maximum absolute atomic E-state index is 11.7. The third kappa shape index (κ3) is 42.9. The van der Waals surface area contributed by atoms with Gasteiger partial charge >= 0.3 is 29.8 Å². The highest BCUT2D eigenvalue weighted by Crippen LogP contribution is 2.12. The van der Waals surface area contributed by atoms with Gasteiger partial charge in [-0.15, -0.1) is 0 Å². The number of hydrogen-bond acceptors (Lipinski definition) is 9. The summed E-state index contributed by atoms with van der Waals surface area (Å²) in [5.74, 6) is -6.07. The molecule has 56 heavy (non-hydrogen) atoms. The molecule has 0 aliphatic heterocycles. The summed E-state index contributed by atoms with van der Waals surface area (Å²) in [7, 11) is 0. The van der Waals surface area contributed by atoms with E-state index in [1.807, 2.05) is 0 Å². The van der Waals surface area contributed by atoms with E-state index in [1.54, 1.807) is 0 Å². The van der Waals surface area contributed by atoms with Gasteiger partial charge in [-0.25, -0.2) is 9.59 Å². The zero-order chi connectivity index (χ0) is 43.0. The molecule has 0 aromatic heterocycles. The van der Waals surface area contributed by atoms with E-state index >= 15 is 0 Å². The number of hydrogen-bond donors (Lipinski definition) is 9. The Bertz CT molecular complexity index is 992. The lowest BCUT2D eigenvalue weighted by Gasteiger charge is -2.13. The van der Waals surface area contributed by atoms with Crippen molar-refractivity contribution in [3.8, 4) is 0 Å². The van der Waals surface area contributed by atoms with Crippen LogP contribution >= 0.6 is 0 Å². The molecule has 0 radical (unpaired) electrons. The van der Waals surface area contributed by atoms with Crippen molar-refractivity contribution < 1.29 is 59.1 Å². The minimum absolute atomic E-state index is 0.0891. The first kappa shape index (κ1) is 56.5. The van der Waals surface area contributed by atoms with Crippen LogP contribution in [-0.4, -0.2) is 91.9 Å². The van der Waals surface area contributed by atoms with Crippen molar-refractivity contribution in [3.05, 3.63) is 0 Å². The van der Waals surface area contributed by atoms with Crippen molar-refractivity contribution in [2.45, 2.75) is 205 Å². The number of unbranched alkanes of at least 4 members (excludes halogenated alkanes) is 17. The molecule has 16 nitrogen and oxygen atoms in total. The third-order valence-corrected chi connectivity index (χ3v) is 8.86. The number of nitrogens with two attached hydrogens (primary N) is 2. The van der Waals surface area contributed by atoms with E-state index in [4.69, 9.17) is 37.0 Å². The van der Waals surface area contributed by atoms with Gasteiger partial charge in [-0.3, -0.25) is 24.0 Å². The molecule has 0 aromatic rings. The van der Waals surface area contributed by atoms with Crippen molar-refractivity contribution in [1.29, 1.82) is 0 Å². The monoisotopic (exact) mass is 805 g/mol. The highest BCUT2D eigenvalue weighted by molar-refractivity contribution is 5.84. The Kier molecular flexibility index (Phi) is 41.3. The Labute approximate surface area is 334 Å². The van der Waals surface area contributed by atoms with Gasteiger partial charge in [0.15, 0.2) is 0 Å². The number of carbonyl (C=O) groups excluding carboxylic acids is 2. The van der Waals surface area contributed by atoms with Crippen molar-refractivity contribution in [2.24, 2.45) is 11.5 Å². The third-order valence-electron chi connectivity index (χ3n) is 8.86. The summed E-state index contributed by atoms with van der Waals surface area (Å²) in [6, 6.07) is -2.94. The van der Waals surface area contributed by atoms with Gasteiger partial charge in [0.05, 0.1) is 0 Å². The molecular weight excluding hydrogens is 728 g/mol. The van der Waals surface area contributed by atoms with Crippen molar-refractivity contribution >= 4 is 41.7 Å². The largest absolute Gasteiger partial charge is 0.481 e. The van der Waals surface area contributed by atoms with Crippen LogP contribution in [0.2, 0.25) is 0 Å².